The highest BCUT2D eigenvalue weighted by Gasteiger charge is 2.31. The maximum Gasteiger partial charge on any atom is 0.249 e. The predicted molar refractivity (Wildman–Crippen MR) is 67.9 cm³/mol. The molecule has 0 radical (unpaired) electrons. The van der Waals surface area contributed by atoms with E-state index in [2.05, 4.69) is 15.3 Å². The molecule has 0 spiro atoms. The number of hydrogen-bond acceptors (Lipinski definition) is 6. The van der Waals surface area contributed by atoms with Crippen LogP contribution in [0, 0.1) is 0 Å². The zero-order chi connectivity index (χ0) is 13.3. The quantitative estimate of drug-likeness (QED) is 0.520. The second kappa shape index (κ2) is 4.65. The van der Waals surface area contributed by atoms with Gasteiger partial charge in [0.1, 0.15) is 22.5 Å². The molecule has 0 aromatic carbocycles. The van der Waals surface area contributed by atoms with Crippen LogP contribution < -0.4 is 16.0 Å². The molecule has 1 aromatic heterocycles. The molecule has 3 N–H and O–H groups in total. The predicted octanol–water partition coefficient (Wildman–Crippen LogP) is -1.04. The summed E-state index contributed by atoms with van der Waals surface area (Å²) >= 11 is 4.77. The van der Waals surface area contributed by atoms with E-state index >= 15 is 0 Å². The molecule has 1 aliphatic heterocycles. The highest BCUT2D eigenvalue weighted by atomic mass is 32.1. The maximum atomic E-state index is 11.5. The molecule has 1 atom stereocenters. The van der Waals surface area contributed by atoms with Gasteiger partial charge in [0.2, 0.25) is 11.8 Å². The van der Waals surface area contributed by atoms with Gasteiger partial charge < -0.3 is 10.6 Å². The Morgan fingerprint density at radius 1 is 1.50 bits per heavy atom. The number of rotatable bonds is 2. The monoisotopic (exact) mass is 265 g/mol. The SMILES string of the molecule is CC1C(=O)NC(=O)CN1c1cnc(C(N)=S)cn1. The number of nitrogens with one attached hydrogen (secondary N) is 1. The van der Waals surface area contributed by atoms with Crippen molar-refractivity contribution in [3.8, 4) is 0 Å². The summed E-state index contributed by atoms with van der Waals surface area (Å²) in [6.45, 7) is 1.75. The number of nitrogens with zero attached hydrogens (tertiary/aromatic N) is 3. The number of hydrogen-bond donors (Lipinski definition) is 2. The Hall–Kier alpha value is -2.09. The van der Waals surface area contributed by atoms with Gasteiger partial charge in [0, 0.05) is 0 Å². The lowest BCUT2D eigenvalue weighted by Gasteiger charge is -2.32. The summed E-state index contributed by atoms with van der Waals surface area (Å²) in [6.07, 6.45) is 2.86. The van der Waals surface area contributed by atoms with Crippen LogP contribution in [0.25, 0.3) is 0 Å². The first kappa shape index (κ1) is 12.4. The van der Waals surface area contributed by atoms with E-state index in [1.54, 1.807) is 11.8 Å². The van der Waals surface area contributed by atoms with E-state index in [1.165, 1.54) is 12.4 Å². The number of thiocarbonyl (C=S) groups is 1. The summed E-state index contributed by atoms with van der Waals surface area (Å²) in [5.41, 5.74) is 5.81. The number of carbonyl (C=O) groups excluding carboxylic acids is 2. The molecule has 0 aliphatic carbocycles. The molecule has 18 heavy (non-hydrogen) atoms. The van der Waals surface area contributed by atoms with Crippen molar-refractivity contribution in [3.05, 3.63) is 18.1 Å². The zero-order valence-corrected chi connectivity index (χ0v) is 10.4. The van der Waals surface area contributed by atoms with Crippen molar-refractivity contribution in [1.29, 1.82) is 0 Å². The normalized spacial score (nSPS) is 19.6. The van der Waals surface area contributed by atoms with Crippen LogP contribution in [0.5, 0.6) is 0 Å². The Morgan fingerprint density at radius 2 is 2.22 bits per heavy atom. The van der Waals surface area contributed by atoms with Gasteiger partial charge in [-0.3, -0.25) is 14.9 Å². The first-order valence-electron chi connectivity index (χ1n) is 5.21. The number of imide groups is 1. The number of nitrogens with two attached hydrogens (primary N) is 1. The molecule has 7 nitrogen and oxygen atoms in total. The van der Waals surface area contributed by atoms with Crippen molar-refractivity contribution in [3.63, 3.8) is 0 Å². The summed E-state index contributed by atoms with van der Waals surface area (Å²) < 4.78 is 0. The zero-order valence-electron chi connectivity index (χ0n) is 9.58. The third-order valence-corrected chi connectivity index (χ3v) is 2.82. The molecule has 0 saturated carbocycles. The van der Waals surface area contributed by atoms with Crippen LogP contribution in [-0.4, -0.2) is 39.4 Å². The Morgan fingerprint density at radius 3 is 2.78 bits per heavy atom. The van der Waals surface area contributed by atoms with Crippen molar-refractivity contribution in [2.45, 2.75) is 13.0 Å². The standard InChI is InChI=1S/C10H11N5O2S/c1-5-10(17)14-8(16)4-15(5)7-3-12-6(2-13-7)9(11)18/h2-3,5H,4H2,1H3,(H2,11,18)(H,14,16,17). The maximum absolute atomic E-state index is 11.5. The first-order valence-corrected chi connectivity index (χ1v) is 5.62. The van der Waals surface area contributed by atoms with Gasteiger partial charge in [0.25, 0.3) is 0 Å². The van der Waals surface area contributed by atoms with Crippen LogP contribution in [0.2, 0.25) is 0 Å². The van der Waals surface area contributed by atoms with Gasteiger partial charge in [0.05, 0.1) is 18.9 Å². The first-order chi connectivity index (χ1) is 8.49. The van der Waals surface area contributed by atoms with Crippen LogP contribution in [-0.2, 0) is 9.59 Å². The van der Waals surface area contributed by atoms with Crippen LogP contribution >= 0.6 is 12.2 Å². The fraction of sp³-hybridized carbons (Fsp3) is 0.300. The summed E-state index contributed by atoms with van der Waals surface area (Å²) in [5, 5.41) is 2.25. The van der Waals surface area contributed by atoms with Gasteiger partial charge in [-0.1, -0.05) is 12.2 Å². The van der Waals surface area contributed by atoms with Crippen molar-refractivity contribution >= 4 is 34.8 Å². The van der Waals surface area contributed by atoms with E-state index in [-0.39, 0.29) is 23.3 Å². The molecule has 0 bridgehead atoms. The van der Waals surface area contributed by atoms with E-state index in [0.717, 1.165) is 0 Å². The average molecular weight is 265 g/mol. The molecule has 2 amide bonds. The Balaban J connectivity index is 2.27. The Labute approximate surface area is 108 Å². The summed E-state index contributed by atoms with van der Waals surface area (Å²) in [5.74, 6) is -0.282. The minimum atomic E-state index is -0.479. The lowest BCUT2D eigenvalue weighted by molar-refractivity contribution is -0.132. The van der Waals surface area contributed by atoms with Crippen molar-refractivity contribution < 1.29 is 9.59 Å². The average Bonchev–Trinajstić information content (AvgIpc) is 2.34. The number of amides is 2. The Kier molecular flexibility index (Phi) is 3.19. The number of piperazine rings is 1. The van der Waals surface area contributed by atoms with Crippen LogP contribution in [0.3, 0.4) is 0 Å². The van der Waals surface area contributed by atoms with Gasteiger partial charge in [-0.2, -0.15) is 0 Å². The summed E-state index contributed by atoms with van der Waals surface area (Å²) in [6, 6.07) is -0.479. The molecule has 1 aromatic rings. The highest BCUT2D eigenvalue weighted by molar-refractivity contribution is 7.80. The largest absolute Gasteiger partial charge is 0.388 e. The minimum absolute atomic E-state index is 0.0635. The molecular weight excluding hydrogens is 254 g/mol. The third kappa shape index (κ3) is 2.28. The fourth-order valence-corrected chi connectivity index (χ4v) is 1.70. The smallest absolute Gasteiger partial charge is 0.249 e. The van der Waals surface area contributed by atoms with E-state index in [9.17, 15) is 9.59 Å². The van der Waals surface area contributed by atoms with Gasteiger partial charge in [-0.25, -0.2) is 9.97 Å². The van der Waals surface area contributed by atoms with E-state index in [0.29, 0.717) is 11.5 Å². The molecule has 1 aliphatic rings. The van der Waals surface area contributed by atoms with Gasteiger partial charge in [0.15, 0.2) is 0 Å². The molecule has 94 valence electrons. The molecule has 1 fully saturated rings. The highest BCUT2D eigenvalue weighted by Crippen LogP contribution is 2.15. The second-order valence-electron chi connectivity index (χ2n) is 3.84. The fourth-order valence-electron chi connectivity index (χ4n) is 1.59. The van der Waals surface area contributed by atoms with Gasteiger partial charge >= 0.3 is 0 Å². The molecule has 8 heteroatoms. The molecular formula is C10H11N5O2S. The lowest BCUT2D eigenvalue weighted by atomic mass is 10.2. The molecule has 1 saturated heterocycles. The van der Waals surface area contributed by atoms with Gasteiger partial charge in [-0.05, 0) is 6.92 Å². The van der Waals surface area contributed by atoms with Crippen LogP contribution in [0.15, 0.2) is 12.4 Å². The van der Waals surface area contributed by atoms with Gasteiger partial charge in [-0.15, -0.1) is 0 Å². The molecule has 2 heterocycles. The molecule has 2 rings (SSSR count). The Bertz CT molecular complexity index is 516. The number of anilines is 1. The minimum Gasteiger partial charge on any atom is -0.388 e. The second-order valence-corrected chi connectivity index (χ2v) is 4.28. The molecule has 1 unspecified atom stereocenters. The van der Waals surface area contributed by atoms with Crippen LogP contribution in [0.4, 0.5) is 5.82 Å². The van der Waals surface area contributed by atoms with E-state index < -0.39 is 6.04 Å². The van der Waals surface area contributed by atoms with Crippen molar-refractivity contribution in [1.82, 2.24) is 15.3 Å². The summed E-state index contributed by atoms with van der Waals surface area (Å²) in [4.78, 5) is 32.7. The van der Waals surface area contributed by atoms with E-state index in [4.69, 9.17) is 18.0 Å². The van der Waals surface area contributed by atoms with Crippen LogP contribution in [0.1, 0.15) is 12.6 Å². The van der Waals surface area contributed by atoms with E-state index in [1.807, 2.05) is 0 Å². The topological polar surface area (TPSA) is 101 Å². The van der Waals surface area contributed by atoms with Crippen molar-refractivity contribution in [2.75, 3.05) is 11.4 Å². The van der Waals surface area contributed by atoms with Crippen molar-refractivity contribution in [2.24, 2.45) is 5.73 Å². The number of aromatic nitrogens is 2. The lowest BCUT2D eigenvalue weighted by Crippen LogP contribution is -2.57. The third-order valence-electron chi connectivity index (χ3n) is 2.61. The number of carbonyl (C=O) groups is 2. The summed E-state index contributed by atoms with van der Waals surface area (Å²) in [7, 11) is 0.